The Balaban J connectivity index is 1.60. The number of nitrogens with two attached hydrogens (primary N) is 1. The summed E-state index contributed by atoms with van der Waals surface area (Å²) in [6.07, 6.45) is 3.43. The van der Waals surface area contributed by atoms with E-state index in [1.165, 1.54) is 11.6 Å². The molecule has 2 aromatic carbocycles. The van der Waals surface area contributed by atoms with Gasteiger partial charge in [-0.05, 0) is 48.9 Å². The van der Waals surface area contributed by atoms with Gasteiger partial charge >= 0.3 is 0 Å². The van der Waals surface area contributed by atoms with E-state index < -0.39 is 0 Å². The fraction of sp³-hybridized carbons (Fsp3) is 0.333. The molecule has 0 amide bonds. The van der Waals surface area contributed by atoms with Crippen molar-refractivity contribution in [1.82, 2.24) is 0 Å². The minimum atomic E-state index is -0.253. The second kappa shape index (κ2) is 6.17. The van der Waals surface area contributed by atoms with E-state index >= 15 is 0 Å². The number of hydrogen-bond donors (Lipinski definition) is 1. The molecular formula is C18H21FN2. The maximum Gasteiger partial charge on any atom is 0.127 e. The monoisotopic (exact) mass is 284 g/mol. The van der Waals surface area contributed by atoms with Crippen molar-refractivity contribution in [2.24, 2.45) is 5.92 Å². The lowest BCUT2D eigenvalue weighted by atomic mass is 9.90. The quantitative estimate of drug-likeness (QED) is 0.867. The first-order valence-electron chi connectivity index (χ1n) is 7.55. The van der Waals surface area contributed by atoms with Crippen molar-refractivity contribution in [1.29, 1.82) is 0 Å². The normalized spacial score (nSPS) is 16.1. The summed E-state index contributed by atoms with van der Waals surface area (Å²) in [7, 11) is 0. The van der Waals surface area contributed by atoms with Gasteiger partial charge in [0, 0.05) is 24.5 Å². The Morgan fingerprint density at radius 1 is 1.05 bits per heavy atom. The first-order chi connectivity index (χ1) is 10.2. The van der Waals surface area contributed by atoms with Crippen molar-refractivity contribution in [3.05, 3.63) is 59.9 Å². The van der Waals surface area contributed by atoms with Crippen LogP contribution in [-0.4, -0.2) is 13.1 Å². The van der Waals surface area contributed by atoms with Gasteiger partial charge < -0.3 is 10.6 Å². The van der Waals surface area contributed by atoms with Crippen LogP contribution >= 0.6 is 0 Å². The van der Waals surface area contributed by atoms with Crippen molar-refractivity contribution >= 4 is 11.4 Å². The van der Waals surface area contributed by atoms with Crippen LogP contribution in [-0.2, 0) is 6.42 Å². The molecule has 3 heteroatoms. The molecule has 0 spiro atoms. The topological polar surface area (TPSA) is 29.3 Å². The zero-order valence-electron chi connectivity index (χ0n) is 12.1. The number of nitrogens with zero attached hydrogens (tertiary/aromatic N) is 1. The summed E-state index contributed by atoms with van der Waals surface area (Å²) in [6.45, 7) is 1.95. The van der Waals surface area contributed by atoms with Crippen LogP contribution in [0.4, 0.5) is 15.8 Å². The van der Waals surface area contributed by atoms with E-state index in [-0.39, 0.29) is 5.82 Å². The Bertz CT molecular complexity index is 569. The zero-order valence-corrected chi connectivity index (χ0v) is 12.1. The molecule has 0 aliphatic carbocycles. The number of anilines is 2. The lowest BCUT2D eigenvalue weighted by Gasteiger charge is -2.34. The Labute approximate surface area is 125 Å². The van der Waals surface area contributed by atoms with Crippen LogP contribution in [0.2, 0.25) is 0 Å². The van der Waals surface area contributed by atoms with Gasteiger partial charge in [0.25, 0.3) is 0 Å². The molecule has 2 N–H and O–H groups in total. The van der Waals surface area contributed by atoms with Gasteiger partial charge in [0.15, 0.2) is 0 Å². The second-order valence-electron chi connectivity index (χ2n) is 5.86. The van der Waals surface area contributed by atoms with Gasteiger partial charge in [-0.1, -0.05) is 30.3 Å². The fourth-order valence-corrected chi connectivity index (χ4v) is 3.12. The summed E-state index contributed by atoms with van der Waals surface area (Å²) in [5.41, 5.74) is 8.54. The molecule has 0 atom stereocenters. The summed E-state index contributed by atoms with van der Waals surface area (Å²) in [6, 6.07) is 15.4. The molecule has 110 valence electrons. The largest absolute Gasteiger partial charge is 0.399 e. The molecule has 3 rings (SSSR count). The zero-order chi connectivity index (χ0) is 14.7. The van der Waals surface area contributed by atoms with Gasteiger partial charge in [-0.3, -0.25) is 0 Å². The van der Waals surface area contributed by atoms with E-state index in [9.17, 15) is 4.39 Å². The van der Waals surface area contributed by atoms with Crippen molar-refractivity contribution in [2.45, 2.75) is 19.3 Å². The van der Waals surface area contributed by atoms with Crippen LogP contribution in [0, 0.1) is 11.7 Å². The molecule has 2 nitrogen and oxygen atoms in total. The van der Waals surface area contributed by atoms with Crippen LogP contribution in [0.5, 0.6) is 0 Å². The Morgan fingerprint density at radius 2 is 1.76 bits per heavy atom. The third-order valence-corrected chi connectivity index (χ3v) is 4.25. The van der Waals surface area contributed by atoms with Crippen molar-refractivity contribution < 1.29 is 4.39 Å². The second-order valence-corrected chi connectivity index (χ2v) is 5.86. The highest BCUT2D eigenvalue weighted by molar-refractivity contribution is 5.56. The van der Waals surface area contributed by atoms with Gasteiger partial charge in [-0.15, -0.1) is 0 Å². The first kappa shape index (κ1) is 13.9. The van der Waals surface area contributed by atoms with E-state index in [0.717, 1.165) is 44.0 Å². The molecule has 2 aromatic rings. The molecule has 1 heterocycles. The molecule has 1 fully saturated rings. The number of rotatable bonds is 3. The molecule has 21 heavy (non-hydrogen) atoms. The molecular weight excluding hydrogens is 263 g/mol. The van der Waals surface area contributed by atoms with Crippen molar-refractivity contribution in [2.75, 3.05) is 23.7 Å². The molecule has 1 aliphatic heterocycles. The van der Waals surface area contributed by atoms with Crippen LogP contribution < -0.4 is 10.6 Å². The third kappa shape index (κ3) is 3.54. The van der Waals surface area contributed by atoms with Gasteiger partial charge in [-0.25, -0.2) is 4.39 Å². The summed E-state index contributed by atoms with van der Waals surface area (Å²) in [4.78, 5) is 2.24. The van der Waals surface area contributed by atoms with Crippen molar-refractivity contribution in [3.63, 3.8) is 0 Å². The maximum atomic E-state index is 13.4. The highest BCUT2D eigenvalue weighted by atomic mass is 19.1. The molecule has 0 unspecified atom stereocenters. The summed E-state index contributed by atoms with van der Waals surface area (Å²) in [5.74, 6) is 0.464. The Kier molecular flexibility index (Phi) is 4.09. The number of nitrogen functional groups attached to an aromatic ring is 1. The lowest BCUT2D eigenvalue weighted by molar-refractivity contribution is 0.403. The standard InChI is InChI=1S/C18H21FN2/c19-16-11-17(20)13-18(12-16)21-8-6-15(7-9-21)10-14-4-2-1-3-5-14/h1-5,11-13,15H,6-10,20H2. The molecule has 0 radical (unpaired) electrons. The van der Waals surface area contributed by atoms with E-state index in [1.807, 2.05) is 6.07 Å². The van der Waals surface area contributed by atoms with Gasteiger partial charge in [-0.2, -0.15) is 0 Å². The fourth-order valence-electron chi connectivity index (χ4n) is 3.12. The number of benzene rings is 2. The van der Waals surface area contributed by atoms with Gasteiger partial charge in [0.1, 0.15) is 5.82 Å². The van der Waals surface area contributed by atoms with E-state index in [4.69, 9.17) is 5.73 Å². The first-order valence-corrected chi connectivity index (χ1v) is 7.55. The molecule has 0 saturated carbocycles. The van der Waals surface area contributed by atoms with Crippen LogP contribution in [0.1, 0.15) is 18.4 Å². The Morgan fingerprint density at radius 3 is 2.43 bits per heavy atom. The molecule has 1 saturated heterocycles. The predicted molar refractivity (Wildman–Crippen MR) is 85.9 cm³/mol. The smallest absolute Gasteiger partial charge is 0.127 e. The molecule has 1 aliphatic rings. The highest BCUT2D eigenvalue weighted by Gasteiger charge is 2.20. The Hall–Kier alpha value is -2.03. The van der Waals surface area contributed by atoms with Crippen molar-refractivity contribution in [3.8, 4) is 0 Å². The van der Waals surface area contributed by atoms with Crippen LogP contribution in [0.15, 0.2) is 48.5 Å². The number of hydrogen-bond acceptors (Lipinski definition) is 2. The van der Waals surface area contributed by atoms with Gasteiger partial charge in [0.05, 0.1) is 0 Å². The van der Waals surface area contributed by atoms with Gasteiger partial charge in [0.2, 0.25) is 0 Å². The van der Waals surface area contributed by atoms with Crippen LogP contribution in [0.25, 0.3) is 0 Å². The number of piperidine rings is 1. The SMILES string of the molecule is Nc1cc(F)cc(N2CCC(Cc3ccccc3)CC2)c1. The van der Waals surface area contributed by atoms with E-state index in [1.54, 1.807) is 6.07 Å². The predicted octanol–water partition coefficient (Wildman–Crippen LogP) is 3.87. The molecule has 0 bridgehead atoms. The van der Waals surface area contributed by atoms with E-state index in [0.29, 0.717) is 5.69 Å². The maximum absolute atomic E-state index is 13.4. The molecule has 0 aromatic heterocycles. The summed E-state index contributed by atoms with van der Waals surface area (Å²) >= 11 is 0. The van der Waals surface area contributed by atoms with E-state index in [2.05, 4.69) is 35.2 Å². The third-order valence-electron chi connectivity index (χ3n) is 4.25. The highest BCUT2D eigenvalue weighted by Crippen LogP contribution is 2.27. The minimum absolute atomic E-state index is 0.253. The summed E-state index contributed by atoms with van der Waals surface area (Å²) < 4.78 is 13.4. The summed E-state index contributed by atoms with van der Waals surface area (Å²) in [5, 5.41) is 0. The minimum Gasteiger partial charge on any atom is -0.399 e. The average Bonchev–Trinajstić information content (AvgIpc) is 2.48. The van der Waals surface area contributed by atoms with Crippen LogP contribution in [0.3, 0.4) is 0 Å². The number of halogens is 1. The average molecular weight is 284 g/mol. The lowest BCUT2D eigenvalue weighted by Crippen LogP contribution is -2.34.